The Morgan fingerprint density at radius 3 is 2.71 bits per heavy atom. The lowest BCUT2D eigenvalue weighted by Gasteiger charge is -2.19. The van der Waals surface area contributed by atoms with Gasteiger partial charge in [0.25, 0.3) is 0 Å². The van der Waals surface area contributed by atoms with Gasteiger partial charge in [0.2, 0.25) is 0 Å². The minimum atomic E-state index is -3.73. The zero-order chi connectivity index (χ0) is 15.2. The second-order valence-electron chi connectivity index (χ2n) is 4.48. The lowest BCUT2D eigenvalue weighted by molar-refractivity contribution is 0.508. The Kier molecular flexibility index (Phi) is 3.43. The van der Waals surface area contributed by atoms with E-state index in [1.54, 1.807) is 12.1 Å². The minimum Gasteiger partial charge on any atom is -0.504 e. The van der Waals surface area contributed by atoms with Crippen LogP contribution in [0.3, 0.4) is 0 Å². The van der Waals surface area contributed by atoms with Gasteiger partial charge < -0.3 is 5.11 Å². The van der Waals surface area contributed by atoms with E-state index in [1.165, 1.54) is 18.3 Å². The third-order valence-corrected chi connectivity index (χ3v) is 5.34. The van der Waals surface area contributed by atoms with Crippen LogP contribution in [0.2, 0.25) is 10.0 Å². The van der Waals surface area contributed by atoms with Crippen LogP contribution >= 0.6 is 23.2 Å². The van der Waals surface area contributed by atoms with E-state index in [1.807, 2.05) is 0 Å². The third kappa shape index (κ3) is 2.41. The highest BCUT2D eigenvalue weighted by molar-refractivity contribution is 8.00. The molecule has 0 unspecified atom stereocenters. The highest BCUT2D eigenvalue weighted by Crippen LogP contribution is 2.39. The summed E-state index contributed by atoms with van der Waals surface area (Å²) in [5.74, 6) is -0.649. The number of halogens is 2. The van der Waals surface area contributed by atoms with Crippen molar-refractivity contribution in [2.75, 3.05) is 0 Å². The Balaban J connectivity index is 2.34. The molecule has 1 aromatic heterocycles. The average Bonchev–Trinajstić information content (AvgIpc) is 2.40. The second kappa shape index (κ2) is 5.02. The summed E-state index contributed by atoms with van der Waals surface area (Å²) in [7, 11) is -3.73. The molecule has 21 heavy (non-hydrogen) atoms. The number of aliphatic hydroxyl groups excluding tert-OH is 1. The fourth-order valence-corrected chi connectivity index (χ4v) is 4.42. The van der Waals surface area contributed by atoms with Gasteiger partial charge in [0.1, 0.15) is 10.6 Å². The molecule has 0 fully saturated rings. The van der Waals surface area contributed by atoms with E-state index < -0.39 is 15.6 Å². The topological polar surface area (TPSA) is 67.3 Å². The van der Waals surface area contributed by atoms with Crippen molar-refractivity contribution in [3.63, 3.8) is 0 Å². The van der Waals surface area contributed by atoms with Gasteiger partial charge in [-0.2, -0.15) is 0 Å². The maximum atomic E-state index is 12.4. The van der Waals surface area contributed by atoms with Gasteiger partial charge in [-0.1, -0.05) is 35.3 Å². The molecule has 1 N–H and O–H groups in total. The highest BCUT2D eigenvalue weighted by Gasteiger charge is 2.33. The van der Waals surface area contributed by atoms with Gasteiger partial charge in [-0.05, 0) is 17.7 Å². The summed E-state index contributed by atoms with van der Waals surface area (Å²) in [6, 6.07) is 8.76. The summed E-state index contributed by atoms with van der Waals surface area (Å²) in [6.45, 7) is 0. The summed E-state index contributed by atoms with van der Waals surface area (Å²) in [5, 5.41) is 10.6. The van der Waals surface area contributed by atoms with Gasteiger partial charge in [0.05, 0.1) is 15.8 Å². The zero-order valence-corrected chi connectivity index (χ0v) is 12.8. The molecule has 0 bridgehead atoms. The summed E-state index contributed by atoms with van der Waals surface area (Å²) < 4.78 is 24.9. The van der Waals surface area contributed by atoms with E-state index in [-0.39, 0.29) is 32.0 Å². The number of pyridine rings is 1. The molecule has 0 atom stereocenters. The lowest BCUT2D eigenvalue weighted by atomic mass is 10.1. The zero-order valence-electron chi connectivity index (χ0n) is 10.5. The number of hydrogen-bond donors (Lipinski definition) is 1. The Morgan fingerprint density at radius 1 is 1.24 bits per heavy atom. The SMILES string of the molecule is O=S1(=O)Cc2cccnc2C(O)=C1c1ccc(Cl)[c]c1Cl. The van der Waals surface area contributed by atoms with E-state index in [4.69, 9.17) is 23.2 Å². The summed E-state index contributed by atoms with van der Waals surface area (Å²) in [6.07, 6.45) is 1.49. The predicted octanol–water partition coefficient (Wildman–Crippen LogP) is 3.50. The van der Waals surface area contributed by atoms with Crippen molar-refractivity contribution >= 4 is 43.7 Å². The summed E-state index contributed by atoms with van der Waals surface area (Å²) in [5.41, 5.74) is 0.857. The number of aromatic nitrogens is 1. The number of aliphatic hydroxyl groups is 1. The molecule has 0 saturated heterocycles. The molecule has 4 nitrogen and oxygen atoms in total. The van der Waals surface area contributed by atoms with Crippen molar-refractivity contribution in [2.24, 2.45) is 0 Å². The van der Waals surface area contributed by atoms with Gasteiger partial charge in [0.15, 0.2) is 15.6 Å². The molecule has 1 radical (unpaired) electrons. The number of benzene rings is 1. The molecular formula is C14H8Cl2NO3S. The van der Waals surface area contributed by atoms with E-state index in [0.717, 1.165) is 0 Å². The molecule has 2 aromatic rings. The van der Waals surface area contributed by atoms with Gasteiger partial charge in [-0.3, -0.25) is 4.98 Å². The molecule has 0 saturated carbocycles. The first-order chi connectivity index (χ1) is 9.90. The van der Waals surface area contributed by atoms with Crippen molar-refractivity contribution in [1.29, 1.82) is 0 Å². The third-order valence-electron chi connectivity index (χ3n) is 3.09. The molecule has 0 aliphatic carbocycles. The molecule has 1 aliphatic heterocycles. The maximum absolute atomic E-state index is 12.4. The van der Waals surface area contributed by atoms with Crippen LogP contribution in [0, 0.1) is 6.07 Å². The van der Waals surface area contributed by atoms with Gasteiger partial charge in [-0.25, -0.2) is 8.42 Å². The monoisotopic (exact) mass is 340 g/mol. The van der Waals surface area contributed by atoms with Crippen LogP contribution in [-0.2, 0) is 15.6 Å². The maximum Gasteiger partial charge on any atom is 0.186 e. The largest absolute Gasteiger partial charge is 0.504 e. The Hall–Kier alpha value is -1.56. The molecule has 3 rings (SSSR count). The van der Waals surface area contributed by atoms with Crippen LogP contribution in [0.4, 0.5) is 0 Å². The van der Waals surface area contributed by atoms with Gasteiger partial charge in [-0.15, -0.1) is 0 Å². The van der Waals surface area contributed by atoms with Crippen LogP contribution in [0.25, 0.3) is 10.7 Å². The molecular weight excluding hydrogens is 333 g/mol. The van der Waals surface area contributed by atoms with E-state index in [9.17, 15) is 13.5 Å². The van der Waals surface area contributed by atoms with Crippen molar-refractivity contribution in [3.05, 3.63) is 63.4 Å². The summed E-state index contributed by atoms with van der Waals surface area (Å²) in [4.78, 5) is 3.79. The Labute approximate surface area is 131 Å². The highest BCUT2D eigenvalue weighted by atomic mass is 35.5. The first-order valence-corrected chi connectivity index (χ1v) is 8.29. The fraction of sp³-hybridized carbons (Fsp3) is 0.0714. The number of nitrogens with zero attached hydrogens (tertiary/aromatic N) is 1. The quantitative estimate of drug-likeness (QED) is 0.862. The molecule has 1 aromatic carbocycles. The van der Waals surface area contributed by atoms with E-state index in [2.05, 4.69) is 11.1 Å². The van der Waals surface area contributed by atoms with Gasteiger partial charge in [0, 0.05) is 17.8 Å². The van der Waals surface area contributed by atoms with Crippen LogP contribution in [0.15, 0.2) is 30.5 Å². The van der Waals surface area contributed by atoms with E-state index in [0.29, 0.717) is 5.56 Å². The average molecular weight is 341 g/mol. The van der Waals surface area contributed by atoms with E-state index >= 15 is 0 Å². The molecule has 107 valence electrons. The fourth-order valence-electron chi connectivity index (χ4n) is 2.21. The first-order valence-electron chi connectivity index (χ1n) is 5.88. The van der Waals surface area contributed by atoms with Crippen LogP contribution < -0.4 is 0 Å². The van der Waals surface area contributed by atoms with Crippen LogP contribution in [-0.4, -0.2) is 18.5 Å². The standard InChI is InChI=1S/C14H8Cl2NO3S/c15-9-3-4-10(11(16)6-9)14-13(18)12-8(2-1-5-17-12)7-21(14,19)20/h1-5,18H,7H2. The molecule has 1 aliphatic rings. The number of rotatable bonds is 1. The molecule has 0 amide bonds. The minimum absolute atomic E-state index is 0.0343. The first kappa shape index (κ1) is 14.4. The number of sulfone groups is 1. The lowest BCUT2D eigenvalue weighted by Crippen LogP contribution is -2.17. The van der Waals surface area contributed by atoms with Crippen LogP contribution in [0.1, 0.15) is 16.8 Å². The smallest absolute Gasteiger partial charge is 0.186 e. The van der Waals surface area contributed by atoms with Crippen molar-refractivity contribution in [1.82, 2.24) is 4.98 Å². The Morgan fingerprint density at radius 2 is 2.00 bits per heavy atom. The molecule has 7 heteroatoms. The normalized spacial score (nSPS) is 16.7. The van der Waals surface area contributed by atoms with Crippen molar-refractivity contribution in [3.8, 4) is 0 Å². The van der Waals surface area contributed by atoms with Crippen molar-refractivity contribution < 1.29 is 13.5 Å². The van der Waals surface area contributed by atoms with Crippen molar-refractivity contribution in [2.45, 2.75) is 5.75 Å². The molecule has 0 spiro atoms. The second-order valence-corrected chi connectivity index (χ2v) is 7.19. The van der Waals surface area contributed by atoms with Gasteiger partial charge >= 0.3 is 0 Å². The number of fused-ring (bicyclic) bond motifs is 1. The number of hydrogen-bond acceptors (Lipinski definition) is 4. The van der Waals surface area contributed by atoms with Crippen LogP contribution in [0.5, 0.6) is 0 Å². The Bertz CT molecular complexity index is 876. The summed E-state index contributed by atoms with van der Waals surface area (Å²) >= 11 is 11.8. The predicted molar refractivity (Wildman–Crippen MR) is 81.6 cm³/mol. The molecule has 2 heterocycles.